The Labute approximate surface area is 342 Å². The van der Waals surface area contributed by atoms with Crippen molar-refractivity contribution in [2.24, 2.45) is 16.1 Å². The molecule has 0 aliphatic heterocycles. The number of hydrogen-bond donors (Lipinski definition) is 5. The van der Waals surface area contributed by atoms with Gasteiger partial charge in [-0.25, -0.2) is 9.97 Å². The molecule has 6 aromatic carbocycles. The number of aromatic nitrogens is 2. The lowest BCUT2D eigenvalue weighted by molar-refractivity contribution is -0.120. The van der Waals surface area contributed by atoms with Gasteiger partial charge in [0.05, 0.1) is 44.8 Å². The topological polar surface area (TPSA) is 210 Å². The molecule has 8 rings (SSSR count). The van der Waals surface area contributed by atoms with Gasteiger partial charge in [0.2, 0.25) is 5.91 Å². The molecule has 0 aliphatic carbocycles. The molecule has 2 heterocycles. The van der Waals surface area contributed by atoms with Crippen molar-refractivity contribution in [3.63, 3.8) is 0 Å². The highest BCUT2D eigenvalue weighted by Crippen LogP contribution is 2.38. The lowest BCUT2D eigenvalue weighted by Gasteiger charge is -2.17. The summed E-state index contributed by atoms with van der Waals surface area (Å²) in [5, 5.41) is 22.0. The number of nitrogens with two attached hydrogens (primary N) is 1. The van der Waals surface area contributed by atoms with Crippen LogP contribution in [0.1, 0.15) is 40.0 Å². The Balaban J connectivity index is 0.873. The van der Waals surface area contributed by atoms with Crippen LogP contribution in [-0.4, -0.2) is 40.3 Å². The van der Waals surface area contributed by atoms with Crippen LogP contribution in [0.25, 0.3) is 43.6 Å². The molecular weight excluding hydrogens is 759 g/mol. The first kappa shape index (κ1) is 38.7. The summed E-state index contributed by atoms with van der Waals surface area (Å²) in [4.78, 5) is 72.2. The average Bonchev–Trinajstić information content (AvgIpc) is 3.28. The summed E-state index contributed by atoms with van der Waals surface area (Å²) in [6.07, 6.45) is 1.10. The number of unbranched alkanes of at least 4 members (excludes halogenated alkanes) is 1. The first-order chi connectivity index (χ1) is 29.3. The summed E-state index contributed by atoms with van der Waals surface area (Å²) in [5.74, 6) is -1.74. The van der Waals surface area contributed by atoms with Gasteiger partial charge in [-0.05, 0) is 90.3 Å². The van der Waals surface area contributed by atoms with E-state index in [1.165, 1.54) is 18.2 Å². The van der Waals surface area contributed by atoms with Crippen molar-refractivity contribution < 1.29 is 14.4 Å². The lowest BCUT2D eigenvalue weighted by atomic mass is 10.1. The smallest absolute Gasteiger partial charge is 0.252 e. The van der Waals surface area contributed by atoms with Gasteiger partial charge >= 0.3 is 0 Å². The fourth-order valence-electron chi connectivity index (χ4n) is 7.23. The molecule has 6 N–H and O–H groups in total. The number of hydrogen-bond acceptors (Lipinski definition) is 11. The fourth-order valence-corrected chi connectivity index (χ4v) is 7.23. The van der Waals surface area contributed by atoms with Crippen molar-refractivity contribution in [2.75, 3.05) is 17.2 Å². The van der Waals surface area contributed by atoms with E-state index < -0.39 is 23.8 Å². The van der Waals surface area contributed by atoms with Crippen LogP contribution < -0.4 is 27.0 Å². The van der Waals surface area contributed by atoms with Gasteiger partial charge in [-0.3, -0.25) is 14.4 Å². The SMILES string of the molecule is NC(=O)C(CCCCNC(=O)c1ccc(Nc2c3ccccc3nc3ccccc23)c(N=O)c1)NC(=O)c1ccc(Nc2c3ccccc3nc3ccccc23)c(N=O)c1. The van der Waals surface area contributed by atoms with Crippen LogP contribution in [0.5, 0.6) is 0 Å². The normalized spacial score (nSPS) is 11.6. The van der Waals surface area contributed by atoms with Gasteiger partial charge in [0.25, 0.3) is 11.8 Å². The molecule has 0 spiro atoms. The number of pyridine rings is 2. The second-order valence-corrected chi connectivity index (χ2v) is 14.1. The number of anilines is 4. The van der Waals surface area contributed by atoms with E-state index in [-0.39, 0.29) is 35.5 Å². The number of fused-ring (bicyclic) bond motifs is 4. The van der Waals surface area contributed by atoms with Gasteiger partial charge in [-0.15, -0.1) is 9.81 Å². The third-order valence-electron chi connectivity index (χ3n) is 10.3. The Bertz CT molecular complexity index is 2880. The monoisotopic (exact) mass is 795 g/mol. The number of primary amides is 1. The van der Waals surface area contributed by atoms with Gasteiger partial charge in [-0.2, -0.15) is 0 Å². The molecular formula is C46H37N9O5. The Morgan fingerprint density at radius 3 is 1.38 bits per heavy atom. The molecule has 0 aliphatic rings. The summed E-state index contributed by atoms with van der Waals surface area (Å²) in [6.45, 7) is 0.252. The third-order valence-corrected chi connectivity index (χ3v) is 10.3. The summed E-state index contributed by atoms with van der Waals surface area (Å²) in [7, 11) is 0. The molecule has 0 radical (unpaired) electrons. The first-order valence-corrected chi connectivity index (χ1v) is 19.2. The number of carbonyl (C=O) groups excluding carboxylic acids is 3. The summed E-state index contributed by atoms with van der Waals surface area (Å²) in [5.41, 5.74) is 11.5. The molecule has 3 amide bonds. The molecule has 296 valence electrons. The zero-order valence-electron chi connectivity index (χ0n) is 32.0. The van der Waals surface area contributed by atoms with Crippen LogP contribution in [0.3, 0.4) is 0 Å². The highest BCUT2D eigenvalue weighted by Gasteiger charge is 2.21. The summed E-state index contributed by atoms with van der Waals surface area (Å²) < 4.78 is 0. The van der Waals surface area contributed by atoms with Crippen molar-refractivity contribution in [1.82, 2.24) is 20.6 Å². The van der Waals surface area contributed by atoms with Crippen LogP contribution in [0.15, 0.2) is 144 Å². The minimum Gasteiger partial charge on any atom is -0.368 e. The molecule has 8 aromatic rings. The van der Waals surface area contributed by atoms with E-state index in [1.807, 2.05) is 97.1 Å². The van der Waals surface area contributed by atoms with Crippen LogP contribution in [0.4, 0.5) is 34.1 Å². The van der Waals surface area contributed by atoms with Gasteiger partial charge in [0.1, 0.15) is 17.4 Å². The second-order valence-electron chi connectivity index (χ2n) is 14.1. The quantitative estimate of drug-likeness (QED) is 0.0379. The van der Waals surface area contributed by atoms with E-state index in [4.69, 9.17) is 15.7 Å². The molecule has 14 nitrogen and oxygen atoms in total. The third kappa shape index (κ3) is 8.02. The number of amides is 3. The first-order valence-electron chi connectivity index (χ1n) is 19.2. The number of benzene rings is 6. The Hall–Kier alpha value is -8.13. The number of para-hydroxylation sites is 4. The molecule has 1 atom stereocenters. The molecule has 0 fully saturated rings. The predicted molar refractivity (Wildman–Crippen MR) is 235 cm³/mol. The van der Waals surface area contributed by atoms with Crippen LogP contribution in [0, 0.1) is 9.81 Å². The predicted octanol–water partition coefficient (Wildman–Crippen LogP) is 9.56. The number of nitrogens with one attached hydrogen (secondary N) is 4. The summed E-state index contributed by atoms with van der Waals surface area (Å²) >= 11 is 0. The molecule has 0 saturated heterocycles. The Kier molecular flexibility index (Phi) is 11.1. The molecule has 0 saturated carbocycles. The minimum atomic E-state index is -1.01. The number of nitroso groups, excluding NO2 is 2. The van der Waals surface area contributed by atoms with E-state index >= 15 is 0 Å². The molecule has 14 heteroatoms. The van der Waals surface area contributed by atoms with Gasteiger partial charge in [0.15, 0.2) is 0 Å². The molecule has 1 unspecified atom stereocenters. The van der Waals surface area contributed by atoms with Crippen molar-refractivity contribution in [1.29, 1.82) is 0 Å². The molecule has 60 heavy (non-hydrogen) atoms. The van der Waals surface area contributed by atoms with Gasteiger partial charge in [-0.1, -0.05) is 72.8 Å². The number of nitrogens with zero attached hydrogens (tertiary/aromatic N) is 4. The minimum absolute atomic E-state index is 0.00285. The Morgan fingerprint density at radius 2 is 0.967 bits per heavy atom. The van der Waals surface area contributed by atoms with Crippen LogP contribution in [0.2, 0.25) is 0 Å². The van der Waals surface area contributed by atoms with E-state index in [0.29, 0.717) is 24.2 Å². The van der Waals surface area contributed by atoms with Crippen LogP contribution >= 0.6 is 0 Å². The van der Waals surface area contributed by atoms with E-state index in [9.17, 15) is 24.2 Å². The number of carbonyl (C=O) groups is 3. The van der Waals surface area contributed by atoms with E-state index in [1.54, 1.807) is 18.2 Å². The van der Waals surface area contributed by atoms with Crippen LogP contribution in [-0.2, 0) is 4.79 Å². The van der Waals surface area contributed by atoms with Gasteiger partial charge < -0.3 is 27.0 Å². The Morgan fingerprint density at radius 1 is 0.550 bits per heavy atom. The van der Waals surface area contributed by atoms with Crippen molar-refractivity contribution >= 4 is 95.5 Å². The highest BCUT2D eigenvalue weighted by molar-refractivity contribution is 6.11. The van der Waals surface area contributed by atoms with Crippen molar-refractivity contribution in [2.45, 2.75) is 25.3 Å². The zero-order valence-corrected chi connectivity index (χ0v) is 32.0. The molecule has 0 bridgehead atoms. The van der Waals surface area contributed by atoms with Crippen molar-refractivity contribution in [3.8, 4) is 0 Å². The number of rotatable bonds is 15. The largest absolute Gasteiger partial charge is 0.368 e. The fraction of sp³-hybridized carbons (Fsp3) is 0.109. The highest BCUT2D eigenvalue weighted by atomic mass is 16.3. The van der Waals surface area contributed by atoms with Crippen molar-refractivity contribution in [3.05, 3.63) is 154 Å². The van der Waals surface area contributed by atoms with Gasteiger partial charge in [0, 0.05) is 39.2 Å². The molecule has 2 aromatic heterocycles. The summed E-state index contributed by atoms with van der Waals surface area (Å²) in [6, 6.07) is 38.7. The standard InChI is InChI=1S/C46H37N9O5/c47-44(56)39(53-46(58)28-21-23-38(41(26-28)55-60)52-43-31-13-3-7-17-35(31)50-36-18-8-4-14-32(36)43)19-9-10-24-48-45(57)27-20-22-37(40(25-27)54-59)51-42-29-11-1-5-15-33(29)49-34-16-6-2-12-30(34)42/h1-8,11-18,20-23,25-26,39H,9-10,19,24H2,(H2,47,56)(H,48,57)(H,49,51)(H,50,52)(H,53,58). The maximum absolute atomic E-state index is 13.3. The average molecular weight is 796 g/mol. The maximum Gasteiger partial charge on any atom is 0.252 e. The second kappa shape index (κ2) is 17.2. The maximum atomic E-state index is 13.3. The lowest BCUT2D eigenvalue weighted by Crippen LogP contribution is -2.44. The van der Waals surface area contributed by atoms with E-state index in [2.05, 4.69) is 31.6 Å². The van der Waals surface area contributed by atoms with E-state index in [0.717, 1.165) is 55.0 Å². The zero-order chi connectivity index (χ0) is 41.6.